The maximum absolute atomic E-state index is 12.9. The molecule has 0 aliphatic heterocycles. The summed E-state index contributed by atoms with van der Waals surface area (Å²) in [4.78, 5) is 22.2. The predicted octanol–water partition coefficient (Wildman–Crippen LogP) is 4.82. The van der Waals surface area contributed by atoms with Crippen LogP contribution < -0.4 is 10.1 Å². The fraction of sp³-hybridized carbons (Fsp3) is 0.0435. The Kier molecular flexibility index (Phi) is 6.71. The number of ether oxygens (including phenoxy) is 1. The second-order valence-electron chi connectivity index (χ2n) is 6.39. The second kappa shape index (κ2) is 9.80. The van der Waals surface area contributed by atoms with Crippen LogP contribution in [-0.2, 0) is 4.79 Å². The van der Waals surface area contributed by atoms with Gasteiger partial charge in [-0.2, -0.15) is 5.26 Å². The molecule has 0 radical (unpaired) electrons. The van der Waals surface area contributed by atoms with Gasteiger partial charge in [-0.3, -0.25) is 14.9 Å². The Balaban J connectivity index is 1.60. The summed E-state index contributed by atoms with van der Waals surface area (Å²) in [6.45, 7) is -0.223. The normalized spacial score (nSPS) is 10.8. The Morgan fingerprint density at radius 3 is 2.29 bits per heavy atom. The molecule has 7 nitrogen and oxygen atoms in total. The van der Waals surface area contributed by atoms with Crippen LogP contribution in [0.3, 0.4) is 0 Å². The van der Waals surface area contributed by atoms with Gasteiger partial charge in [-0.05, 0) is 65.7 Å². The van der Waals surface area contributed by atoms with E-state index in [9.17, 15) is 24.6 Å². The maximum atomic E-state index is 12.9. The molecular weight excluding hydrogens is 401 g/mol. The topological polar surface area (TPSA) is 105 Å². The van der Waals surface area contributed by atoms with Gasteiger partial charge in [-0.15, -0.1) is 0 Å². The number of allylic oxidation sites excluding steroid dienone is 1. The average molecular weight is 417 g/mol. The molecule has 3 aromatic carbocycles. The number of nitrogens with zero attached hydrogens (tertiary/aromatic N) is 2. The molecule has 3 aromatic rings. The van der Waals surface area contributed by atoms with E-state index in [1.807, 2.05) is 0 Å². The molecule has 1 N–H and O–H groups in total. The summed E-state index contributed by atoms with van der Waals surface area (Å²) in [5.41, 5.74) is 2.04. The molecule has 0 spiro atoms. The first kappa shape index (κ1) is 21.2. The number of hydrogen-bond acceptors (Lipinski definition) is 5. The number of amides is 1. The molecule has 0 aliphatic rings. The molecule has 0 heterocycles. The van der Waals surface area contributed by atoms with Crippen molar-refractivity contribution < 1.29 is 18.8 Å². The van der Waals surface area contributed by atoms with Gasteiger partial charge < -0.3 is 10.1 Å². The zero-order valence-corrected chi connectivity index (χ0v) is 16.1. The standard InChI is InChI=1S/C23H16FN3O4/c24-19-5-7-20(8-6-19)26-23(28)15-31-22-11-1-16(2-12-22)13-18(14-25)17-3-9-21(10-4-17)27(29)30/h1-13H,15H2,(H,26,28)/b18-13-. The number of nitro groups is 1. The van der Waals surface area contributed by atoms with E-state index in [-0.39, 0.29) is 18.2 Å². The van der Waals surface area contributed by atoms with Gasteiger partial charge in [-0.1, -0.05) is 12.1 Å². The van der Waals surface area contributed by atoms with Crippen molar-refractivity contribution in [1.29, 1.82) is 5.26 Å². The van der Waals surface area contributed by atoms with Crippen LogP contribution in [0.5, 0.6) is 5.75 Å². The van der Waals surface area contributed by atoms with Gasteiger partial charge in [0.1, 0.15) is 11.6 Å². The van der Waals surface area contributed by atoms with Crippen LogP contribution in [0.2, 0.25) is 0 Å². The predicted molar refractivity (Wildman–Crippen MR) is 114 cm³/mol. The van der Waals surface area contributed by atoms with Crippen molar-refractivity contribution in [3.8, 4) is 11.8 Å². The summed E-state index contributed by atoms with van der Waals surface area (Å²) in [5, 5.41) is 22.8. The molecule has 0 aliphatic carbocycles. The van der Waals surface area contributed by atoms with Crippen LogP contribution in [0.25, 0.3) is 11.6 Å². The number of nitriles is 1. The van der Waals surface area contributed by atoms with E-state index in [0.29, 0.717) is 22.6 Å². The monoisotopic (exact) mass is 417 g/mol. The number of nitrogens with one attached hydrogen (secondary N) is 1. The largest absolute Gasteiger partial charge is 0.484 e. The lowest BCUT2D eigenvalue weighted by Gasteiger charge is -2.08. The number of halogens is 1. The van der Waals surface area contributed by atoms with E-state index in [4.69, 9.17) is 4.74 Å². The van der Waals surface area contributed by atoms with Crippen LogP contribution >= 0.6 is 0 Å². The molecule has 0 unspecified atom stereocenters. The van der Waals surface area contributed by atoms with Crippen molar-refractivity contribution in [2.75, 3.05) is 11.9 Å². The van der Waals surface area contributed by atoms with Crippen molar-refractivity contribution in [2.24, 2.45) is 0 Å². The molecule has 0 fully saturated rings. The third-order valence-corrected chi connectivity index (χ3v) is 4.20. The first-order chi connectivity index (χ1) is 14.9. The van der Waals surface area contributed by atoms with Crippen molar-refractivity contribution in [1.82, 2.24) is 0 Å². The lowest BCUT2D eigenvalue weighted by atomic mass is 10.0. The minimum Gasteiger partial charge on any atom is -0.484 e. The smallest absolute Gasteiger partial charge is 0.269 e. The highest BCUT2D eigenvalue weighted by molar-refractivity contribution is 5.92. The Labute approximate surface area is 177 Å². The summed E-state index contributed by atoms with van der Waals surface area (Å²) in [6.07, 6.45) is 1.65. The maximum Gasteiger partial charge on any atom is 0.269 e. The van der Waals surface area contributed by atoms with Gasteiger partial charge in [0.15, 0.2) is 6.61 Å². The van der Waals surface area contributed by atoms with Crippen molar-refractivity contribution in [3.05, 3.63) is 99.9 Å². The second-order valence-corrected chi connectivity index (χ2v) is 6.39. The Morgan fingerprint density at radius 2 is 1.71 bits per heavy atom. The van der Waals surface area contributed by atoms with E-state index in [0.717, 1.165) is 5.56 Å². The van der Waals surface area contributed by atoms with Gasteiger partial charge in [-0.25, -0.2) is 4.39 Å². The van der Waals surface area contributed by atoms with E-state index in [1.165, 1.54) is 48.5 Å². The number of rotatable bonds is 7. The number of benzene rings is 3. The fourth-order valence-corrected chi connectivity index (χ4v) is 2.65. The number of non-ortho nitro benzene ring substituents is 1. The van der Waals surface area contributed by atoms with Gasteiger partial charge in [0.25, 0.3) is 11.6 Å². The highest BCUT2D eigenvalue weighted by Crippen LogP contribution is 2.22. The SMILES string of the molecule is N#C/C(=C/c1ccc(OCC(=O)Nc2ccc(F)cc2)cc1)c1ccc([N+](=O)[O-])cc1. The summed E-state index contributed by atoms with van der Waals surface area (Å²) < 4.78 is 18.3. The van der Waals surface area contributed by atoms with E-state index >= 15 is 0 Å². The molecule has 3 rings (SSSR count). The van der Waals surface area contributed by atoms with Crippen LogP contribution in [0.15, 0.2) is 72.8 Å². The van der Waals surface area contributed by atoms with Crippen molar-refractivity contribution >= 4 is 28.9 Å². The summed E-state index contributed by atoms with van der Waals surface area (Å²) in [5.74, 6) is -0.322. The third-order valence-electron chi connectivity index (χ3n) is 4.20. The zero-order chi connectivity index (χ0) is 22.2. The van der Waals surface area contributed by atoms with Crippen LogP contribution in [0.1, 0.15) is 11.1 Å². The molecule has 8 heteroatoms. The number of carbonyl (C=O) groups is 1. The van der Waals surface area contributed by atoms with E-state index < -0.39 is 10.7 Å². The summed E-state index contributed by atoms with van der Waals surface area (Å²) in [7, 11) is 0. The number of nitro benzene ring substituents is 1. The molecule has 0 atom stereocenters. The lowest BCUT2D eigenvalue weighted by molar-refractivity contribution is -0.384. The molecule has 0 aromatic heterocycles. The minimum atomic E-state index is -0.502. The van der Waals surface area contributed by atoms with Crippen molar-refractivity contribution in [2.45, 2.75) is 0 Å². The van der Waals surface area contributed by atoms with Gasteiger partial charge in [0.05, 0.1) is 16.6 Å². The molecular formula is C23H16FN3O4. The number of hydrogen-bond donors (Lipinski definition) is 1. The molecule has 0 bridgehead atoms. The summed E-state index contributed by atoms with van der Waals surface area (Å²) >= 11 is 0. The van der Waals surface area contributed by atoms with Crippen molar-refractivity contribution in [3.63, 3.8) is 0 Å². The van der Waals surface area contributed by atoms with Crippen LogP contribution in [-0.4, -0.2) is 17.4 Å². The highest BCUT2D eigenvalue weighted by Gasteiger charge is 2.08. The number of carbonyl (C=O) groups excluding carboxylic acids is 1. The average Bonchev–Trinajstić information content (AvgIpc) is 2.78. The number of anilines is 1. The summed E-state index contributed by atoms with van der Waals surface area (Å²) in [6, 6.07) is 19.9. The Morgan fingerprint density at radius 1 is 1.06 bits per heavy atom. The highest BCUT2D eigenvalue weighted by atomic mass is 19.1. The first-order valence-electron chi connectivity index (χ1n) is 9.09. The van der Waals surface area contributed by atoms with Gasteiger partial charge in [0.2, 0.25) is 0 Å². The van der Waals surface area contributed by atoms with Gasteiger partial charge >= 0.3 is 0 Å². The fourth-order valence-electron chi connectivity index (χ4n) is 2.65. The van der Waals surface area contributed by atoms with Crippen LogP contribution in [0.4, 0.5) is 15.8 Å². The van der Waals surface area contributed by atoms with E-state index in [2.05, 4.69) is 11.4 Å². The lowest BCUT2D eigenvalue weighted by Crippen LogP contribution is -2.20. The molecule has 0 saturated heterocycles. The molecule has 31 heavy (non-hydrogen) atoms. The van der Waals surface area contributed by atoms with Crippen LogP contribution in [0, 0.1) is 27.3 Å². The third kappa shape index (κ3) is 5.98. The Bertz CT molecular complexity index is 1150. The first-order valence-corrected chi connectivity index (χ1v) is 9.09. The minimum absolute atomic E-state index is 0.0500. The quantitative estimate of drug-likeness (QED) is 0.257. The van der Waals surface area contributed by atoms with E-state index in [1.54, 1.807) is 30.3 Å². The molecule has 1 amide bonds. The van der Waals surface area contributed by atoms with Gasteiger partial charge in [0, 0.05) is 17.8 Å². The molecule has 0 saturated carbocycles. The Hall–Kier alpha value is -4.51. The zero-order valence-electron chi connectivity index (χ0n) is 16.1. The molecule has 154 valence electrons.